The van der Waals surface area contributed by atoms with E-state index < -0.39 is 0 Å². The second-order valence-electron chi connectivity index (χ2n) is 6.93. The van der Waals surface area contributed by atoms with Crippen molar-refractivity contribution in [1.82, 2.24) is 9.80 Å². The lowest BCUT2D eigenvalue weighted by Gasteiger charge is -2.41. The Labute approximate surface area is 116 Å². The van der Waals surface area contributed by atoms with Crippen molar-refractivity contribution in [3.8, 4) is 0 Å². The molecule has 2 aliphatic rings. The molecule has 0 aromatic rings. The van der Waals surface area contributed by atoms with Crippen molar-refractivity contribution >= 4 is 11.8 Å². The zero-order chi connectivity index (χ0) is 14.2. The molecule has 2 rings (SSSR count). The van der Waals surface area contributed by atoms with Crippen molar-refractivity contribution < 1.29 is 9.59 Å². The van der Waals surface area contributed by atoms with Crippen LogP contribution in [0.3, 0.4) is 0 Å². The lowest BCUT2D eigenvalue weighted by molar-refractivity contribution is -0.144. The van der Waals surface area contributed by atoms with Gasteiger partial charge in [-0.05, 0) is 25.7 Å². The Morgan fingerprint density at radius 3 is 1.84 bits per heavy atom. The third-order valence-corrected chi connectivity index (χ3v) is 4.12. The molecule has 1 heterocycles. The van der Waals surface area contributed by atoms with Crippen LogP contribution in [-0.4, -0.2) is 46.8 Å². The smallest absolute Gasteiger partial charge is 0.228 e. The molecule has 0 aromatic carbocycles. The fourth-order valence-electron chi connectivity index (χ4n) is 2.83. The van der Waals surface area contributed by atoms with Crippen LogP contribution in [0.15, 0.2) is 0 Å². The molecule has 19 heavy (non-hydrogen) atoms. The molecule has 0 N–H and O–H groups in total. The third-order valence-electron chi connectivity index (χ3n) is 4.12. The summed E-state index contributed by atoms with van der Waals surface area (Å²) < 4.78 is 0. The van der Waals surface area contributed by atoms with E-state index in [0.29, 0.717) is 12.1 Å². The van der Waals surface area contributed by atoms with Crippen LogP contribution in [0, 0.1) is 5.41 Å². The number of amides is 2. The van der Waals surface area contributed by atoms with E-state index in [1.54, 1.807) is 6.92 Å². The second kappa shape index (κ2) is 5.14. The zero-order valence-electron chi connectivity index (χ0n) is 12.6. The molecular formula is C15H26N2O2. The van der Waals surface area contributed by atoms with Crippen LogP contribution in [-0.2, 0) is 9.59 Å². The van der Waals surface area contributed by atoms with Gasteiger partial charge in [0.15, 0.2) is 0 Å². The predicted octanol–water partition coefficient (Wildman–Crippen LogP) is 2.03. The summed E-state index contributed by atoms with van der Waals surface area (Å²) in [6.45, 7) is 9.20. The highest BCUT2D eigenvalue weighted by Crippen LogP contribution is 2.35. The van der Waals surface area contributed by atoms with Crippen molar-refractivity contribution in [1.29, 1.82) is 0 Å². The Kier molecular flexibility index (Phi) is 3.88. The Morgan fingerprint density at radius 1 is 1.00 bits per heavy atom. The van der Waals surface area contributed by atoms with E-state index in [0.717, 1.165) is 38.8 Å². The Morgan fingerprint density at radius 2 is 1.47 bits per heavy atom. The molecule has 4 nitrogen and oxygen atoms in total. The Balaban J connectivity index is 2.02. The molecule has 108 valence electrons. The van der Waals surface area contributed by atoms with Crippen LogP contribution in [0.5, 0.6) is 0 Å². The first-order chi connectivity index (χ1) is 8.80. The number of hydrogen-bond acceptors (Lipinski definition) is 2. The van der Waals surface area contributed by atoms with E-state index in [4.69, 9.17) is 0 Å². The molecule has 1 aliphatic heterocycles. The molecule has 0 radical (unpaired) electrons. The molecule has 1 saturated carbocycles. The highest BCUT2D eigenvalue weighted by molar-refractivity contribution is 5.82. The normalized spacial score (nSPS) is 21.4. The van der Waals surface area contributed by atoms with E-state index in [9.17, 15) is 9.59 Å². The molecule has 0 bridgehead atoms. The number of carbonyl (C=O) groups is 2. The summed E-state index contributed by atoms with van der Waals surface area (Å²) in [6, 6.07) is 0.787. The van der Waals surface area contributed by atoms with Crippen molar-refractivity contribution in [3.05, 3.63) is 0 Å². The predicted molar refractivity (Wildman–Crippen MR) is 74.6 cm³/mol. The van der Waals surface area contributed by atoms with Gasteiger partial charge in [-0.2, -0.15) is 0 Å². The molecule has 2 amide bonds. The summed E-state index contributed by atoms with van der Waals surface area (Å²) in [5.41, 5.74) is -0.305. The minimum Gasteiger partial charge on any atom is -0.343 e. The van der Waals surface area contributed by atoms with Gasteiger partial charge in [-0.15, -0.1) is 0 Å². The highest BCUT2D eigenvalue weighted by atomic mass is 16.2. The van der Waals surface area contributed by atoms with Crippen LogP contribution in [0.2, 0.25) is 0 Å². The van der Waals surface area contributed by atoms with Crippen LogP contribution >= 0.6 is 0 Å². The molecule has 4 heteroatoms. The average Bonchev–Trinajstić information content (AvgIpc) is 3.13. The summed E-state index contributed by atoms with van der Waals surface area (Å²) in [6.07, 6.45) is 4.15. The number of piperidine rings is 1. The fourth-order valence-corrected chi connectivity index (χ4v) is 2.83. The highest BCUT2D eigenvalue weighted by Gasteiger charge is 2.42. The Hall–Kier alpha value is -1.06. The van der Waals surface area contributed by atoms with Gasteiger partial charge in [-0.1, -0.05) is 20.8 Å². The standard InChI is InChI=1S/C15H26N2O2/c1-11(18)16-9-7-13(8-10-16)17(12-5-6-12)14(19)15(2,3)4/h12-13H,5-10H2,1-4H3. The fraction of sp³-hybridized carbons (Fsp3) is 0.867. The van der Waals surface area contributed by atoms with Crippen molar-refractivity contribution in [3.63, 3.8) is 0 Å². The largest absolute Gasteiger partial charge is 0.343 e. The van der Waals surface area contributed by atoms with E-state index in [1.165, 1.54) is 0 Å². The first kappa shape index (κ1) is 14.4. The van der Waals surface area contributed by atoms with Gasteiger partial charge < -0.3 is 9.80 Å². The summed E-state index contributed by atoms with van der Waals surface area (Å²) in [5, 5.41) is 0. The number of carbonyl (C=O) groups excluding carboxylic acids is 2. The van der Waals surface area contributed by atoms with E-state index in [-0.39, 0.29) is 17.2 Å². The zero-order valence-corrected chi connectivity index (χ0v) is 12.6. The number of rotatable bonds is 2. The van der Waals surface area contributed by atoms with Crippen LogP contribution in [0.25, 0.3) is 0 Å². The van der Waals surface area contributed by atoms with Crippen molar-refractivity contribution in [2.24, 2.45) is 5.41 Å². The quantitative estimate of drug-likeness (QED) is 0.767. The number of nitrogens with zero attached hydrogens (tertiary/aromatic N) is 2. The topological polar surface area (TPSA) is 40.6 Å². The van der Waals surface area contributed by atoms with Gasteiger partial charge in [0.25, 0.3) is 0 Å². The number of likely N-dealkylation sites (tertiary alicyclic amines) is 1. The maximum Gasteiger partial charge on any atom is 0.228 e. The lowest BCUT2D eigenvalue weighted by Crippen LogP contribution is -2.52. The Bertz CT molecular complexity index is 361. The first-order valence-corrected chi connectivity index (χ1v) is 7.39. The molecule has 0 aromatic heterocycles. The SMILES string of the molecule is CC(=O)N1CCC(N(C(=O)C(C)(C)C)C2CC2)CC1. The molecule has 2 fully saturated rings. The van der Waals surface area contributed by atoms with Gasteiger partial charge in [0, 0.05) is 37.5 Å². The van der Waals surface area contributed by atoms with Gasteiger partial charge in [0.1, 0.15) is 0 Å². The molecule has 0 unspecified atom stereocenters. The van der Waals surface area contributed by atoms with Crippen molar-refractivity contribution in [2.75, 3.05) is 13.1 Å². The average molecular weight is 266 g/mol. The van der Waals surface area contributed by atoms with Gasteiger partial charge in [0.2, 0.25) is 11.8 Å². The second-order valence-corrected chi connectivity index (χ2v) is 6.93. The summed E-state index contributed by atoms with van der Waals surface area (Å²) in [4.78, 5) is 28.0. The third kappa shape index (κ3) is 3.28. The van der Waals surface area contributed by atoms with E-state index >= 15 is 0 Å². The summed E-state index contributed by atoms with van der Waals surface area (Å²) >= 11 is 0. The molecule has 1 saturated heterocycles. The van der Waals surface area contributed by atoms with Crippen LogP contribution in [0.4, 0.5) is 0 Å². The number of hydrogen-bond donors (Lipinski definition) is 0. The monoisotopic (exact) mass is 266 g/mol. The molecule has 0 spiro atoms. The molecule has 1 aliphatic carbocycles. The van der Waals surface area contributed by atoms with Gasteiger partial charge in [0.05, 0.1) is 0 Å². The van der Waals surface area contributed by atoms with Gasteiger partial charge in [-0.3, -0.25) is 9.59 Å². The molecular weight excluding hydrogens is 240 g/mol. The van der Waals surface area contributed by atoms with E-state index in [2.05, 4.69) is 4.90 Å². The maximum atomic E-state index is 12.6. The van der Waals surface area contributed by atoms with Crippen molar-refractivity contribution in [2.45, 2.75) is 65.5 Å². The molecule has 0 atom stereocenters. The summed E-state index contributed by atoms with van der Waals surface area (Å²) in [7, 11) is 0. The minimum atomic E-state index is -0.305. The van der Waals surface area contributed by atoms with Gasteiger partial charge >= 0.3 is 0 Å². The summed E-state index contributed by atoms with van der Waals surface area (Å²) in [5.74, 6) is 0.426. The minimum absolute atomic E-state index is 0.151. The first-order valence-electron chi connectivity index (χ1n) is 7.39. The van der Waals surface area contributed by atoms with Gasteiger partial charge in [-0.25, -0.2) is 0 Å². The maximum absolute atomic E-state index is 12.6. The lowest BCUT2D eigenvalue weighted by atomic mass is 9.92. The van der Waals surface area contributed by atoms with Crippen LogP contribution in [0.1, 0.15) is 53.4 Å². The van der Waals surface area contributed by atoms with Crippen LogP contribution < -0.4 is 0 Å². The van der Waals surface area contributed by atoms with E-state index in [1.807, 2.05) is 25.7 Å².